The minimum atomic E-state index is -0.681. The van der Waals surface area contributed by atoms with Gasteiger partial charge in [0.25, 0.3) is 0 Å². The highest BCUT2D eigenvalue weighted by Gasteiger charge is 2.27. The van der Waals surface area contributed by atoms with Crippen molar-refractivity contribution in [3.63, 3.8) is 0 Å². The van der Waals surface area contributed by atoms with Crippen LogP contribution in [0.25, 0.3) is 0 Å². The predicted molar refractivity (Wildman–Crippen MR) is 122 cm³/mol. The first-order valence-electron chi connectivity index (χ1n) is 9.71. The fraction of sp³-hybridized carbons (Fsp3) is 0.650. The van der Waals surface area contributed by atoms with Gasteiger partial charge in [-0.2, -0.15) is 0 Å². The predicted octanol–water partition coefficient (Wildman–Crippen LogP) is 3.58. The summed E-state index contributed by atoms with van der Waals surface area (Å²) in [5.41, 5.74) is 2.93. The van der Waals surface area contributed by atoms with Crippen molar-refractivity contribution in [2.75, 3.05) is 18.8 Å². The lowest BCUT2D eigenvalue weighted by molar-refractivity contribution is 0.413. The molecule has 1 aromatic rings. The molecule has 26 heavy (non-hydrogen) atoms. The maximum atomic E-state index is 12.1. The summed E-state index contributed by atoms with van der Waals surface area (Å²) in [4.78, 5) is 4.84. The van der Waals surface area contributed by atoms with Crippen molar-refractivity contribution in [3.05, 3.63) is 35.4 Å². The lowest BCUT2D eigenvalue weighted by atomic mass is 9.78. The molecule has 0 amide bonds. The van der Waals surface area contributed by atoms with E-state index >= 15 is 0 Å². The van der Waals surface area contributed by atoms with E-state index in [1.54, 1.807) is 0 Å². The Morgan fingerprint density at radius 1 is 1.27 bits per heavy atom. The monoisotopic (exact) mass is 489 g/mol. The normalized spacial score (nSPS) is 26.1. The van der Waals surface area contributed by atoms with Gasteiger partial charge in [-0.25, -0.2) is 0 Å². The zero-order valence-electron chi connectivity index (χ0n) is 15.9. The summed E-state index contributed by atoms with van der Waals surface area (Å²) in [6.07, 6.45) is 5.54. The SMILES string of the molecule is CCNC(=NCC1Cc2ccccc21)NC1CCCC(S(=O)CC)C1.I. The Morgan fingerprint density at radius 3 is 2.81 bits per heavy atom. The Labute approximate surface area is 177 Å². The highest BCUT2D eigenvalue weighted by molar-refractivity contribution is 14.0. The molecule has 4 atom stereocenters. The summed E-state index contributed by atoms with van der Waals surface area (Å²) in [5, 5.41) is 7.32. The van der Waals surface area contributed by atoms with E-state index in [2.05, 4.69) is 41.8 Å². The highest BCUT2D eigenvalue weighted by Crippen LogP contribution is 2.34. The van der Waals surface area contributed by atoms with Crippen LogP contribution in [0, 0.1) is 0 Å². The third kappa shape index (κ3) is 5.44. The summed E-state index contributed by atoms with van der Waals surface area (Å²) < 4.78 is 12.1. The molecule has 6 heteroatoms. The first kappa shape index (κ1) is 21.7. The van der Waals surface area contributed by atoms with Gasteiger partial charge >= 0.3 is 0 Å². The number of aliphatic imine (C=N–C) groups is 1. The number of hydrogen-bond acceptors (Lipinski definition) is 2. The van der Waals surface area contributed by atoms with E-state index in [1.807, 2.05) is 6.92 Å². The van der Waals surface area contributed by atoms with Gasteiger partial charge in [0.15, 0.2) is 5.96 Å². The molecule has 0 radical (unpaired) electrons. The Hall–Kier alpha value is -0.630. The van der Waals surface area contributed by atoms with Crippen LogP contribution in [-0.4, -0.2) is 40.3 Å². The molecule has 0 spiro atoms. The molecule has 3 rings (SSSR count). The number of rotatable bonds is 6. The Kier molecular flexibility index (Phi) is 8.87. The second-order valence-electron chi connectivity index (χ2n) is 7.12. The number of fused-ring (bicyclic) bond motifs is 1. The average molecular weight is 489 g/mol. The van der Waals surface area contributed by atoms with Crippen LogP contribution in [0.15, 0.2) is 29.3 Å². The van der Waals surface area contributed by atoms with Gasteiger partial charge in [-0.05, 0) is 43.7 Å². The number of hydrogen-bond donors (Lipinski definition) is 2. The van der Waals surface area contributed by atoms with Crippen molar-refractivity contribution in [2.24, 2.45) is 4.99 Å². The molecule has 1 saturated carbocycles. The first-order valence-corrected chi connectivity index (χ1v) is 11.1. The van der Waals surface area contributed by atoms with Crippen LogP contribution in [0.4, 0.5) is 0 Å². The molecule has 0 aromatic heterocycles. The van der Waals surface area contributed by atoms with Crippen molar-refractivity contribution in [3.8, 4) is 0 Å². The molecule has 0 saturated heterocycles. The maximum Gasteiger partial charge on any atom is 0.191 e. The fourth-order valence-electron chi connectivity index (χ4n) is 3.99. The molecule has 2 N–H and O–H groups in total. The molecule has 4 unspecified atom stereocenters. The molecule has 146 valence electrons. The lowest BCUT2D eigenvalue weighted by Crippen LogP contribution is -2.47. The van der Waals surface area contributed by atoms with Crippen molar-refractivity contribution in [1.29, 1.82) is 0 Å². The summed E-state index contributed by atoms with van der Waals surface area (Å²) >= 11 is 0. The third-order valence-electron chi connectivity index (χ3n) is 5.40. The van der Waals surface area contributed by atoms with Gasteiger partial charge in [-0.15, -0.1) is 24.0 Å². The molecule has 1 fully saturated rings. The van der Waals surface area contributed by atoms with E-state index in [0.29, 0.717) is 17.2 Å². The zero-order valence-corrected chi connectivity index (χ0v) is 19.0. The van der Waals surface area contributed by atoms with Crippen LogP contribution in [-0.2, 0) is 17.2 Å². The van der Waals surface area contributed by atoms with Gasteiger partial charge in [0.1, 0.15) is 0 Å². The second-order valence-corrected chi connectivity index (χ2v) is 9.12. The molecule has 0 heterocycles. The summed E-state index contributed by atoms with van der Waals surface area (Å²) in [6.45, 7) is 5.83. The molecule has 2 aliphatic rings. The molecule has 2 aliphatic carbocycles. The summed E-state index contributed by atoms with van der Waals surface area (Å²) in [7, 11) is -0.681. The van der Waals surface area contributed by atoms with Crippen LogP contribution >= 0.6 is 24.0 Å². The van der Waals surface area contributed by atoms with Gasteiger partial charge in [0.05, 0.1) is 0 Å². The van der Waals surface area contributed by atoms with E-state index in [0.717, 1.165) is 56.9 Å². The number of nitrogens with zero attached hydrogens (tertiary/aromatic N) is 1. The Bertz CT molecular complexity index is 637. The van der Waals surface area contributed by atoms with Gasteiger partial charge in [0, 0.05) is 46.9 Å². The quantitative estimate of drug-likeness (QED) is 0.365. The van der Waals surface area contributed by atoms with E-state index in [-0.39, 0.29) is 24.0 Å². The topological polar surface area (TPSA) is 53.5 Å². The average Bonchev–Trinajstić information content (AvgIpc) is 2.62. The second kappa shape index (κ2) is 10.6. The van der Waals surface area contributed by atoms with Crippen molar-refractivity contribution in [2.45, 2.75) is 63.2 Å². The Balaban J connectivity index is 0.00000243. The molecule has 1 aromatic carbocycles. The van der Waals surface area contributed by atoms with Crippen LogP contribution in [0.2, 0.25) is 0 Å². The zero-order chi connectivity index (χ0) is 17.6. The van der Waals surface area contributed by atoms with E-state index in [4.69, 9.17) is 4.99 Å². The number of nitrogens with one attached hydrogen (secondary N) is 2. The number of benzene rings is 1. The number of halogens is 1. The molecule has 0 bridgehead atoms. The van der Waals surface area contributed by atoms with E-state index in [9.17, 15) is 4.21 Å². The highest BCUT2D eigenvalue weighted by atomic mass is 127. The van der Waals surface area contributed by atoms with Crippen molar-refractivity contribution in [1.82, 2.24) is 10.6 Å². The lowest BCUT2D eigenvalue weighted by Gasteiger charge is -2.31. The molecular formula is C20H32IN3OS. The van der Waals surface area contributed by atoms with Gasteiger partial charge in [-0.1, -0.05) is 37.6 Å². The molecule has 4 nitrogen and oxygen atoms in total. The standard InChI is InChI=1S/C20H31N3OS.HI/c1-3-21-20(22-14-16-12-15-8-5-6-11-19(15)16)23-17-9-7-10-18(13-17)25(24)4-2;/h5-6,8,11,16-18H,3-4,7,9-10,12-14H2,1-2H3,(H2,21,22,23);1H. The Morgan fingerprint density at radius 2 is 2.08 bits per heavy atom. The van der Waals surface area contributed by atoms with Crippen LogP contribution in [0.1, 0.15) is 56.6 Å². The van der Waals surface area contributed by atoms with E-state index in [1.165, 1.54) is 11.1 Å². The van der Waals surface area contributed by atoms with Gasteiger partial charge in [0.2, 0.25) is 0 Å². The first-order chi connectivity index (χ1) is 12.2. The fourth-order valence-corrected chi connectivity index (χ4v) is 5.34. The summed E-state index contributed by atoms with van der Waals surface area (Å²) in [5.74, 6) is 2.24. The molecular weight excluding hydrogens is 457 g/mol. The van der Waals surface area contributed by atoms with E-state index < -0.39 is 10.8 Å². The van der Waals surface area contributed by atoms with Crippen molar-refractivity contribution < 1.29 is 4.21 Å². The van der Waals surface area contributed by atoms with Gasteiger partial charge in [-0.3, -0.25) is 9.20 Å². The minimum Gasteiger partial charge on any atom is -0.357 e. The number of guanidine groups is 1. The van der Waals surface area contributed by atoms with Gasteiger partial charge < -0.3 is 10.6 Å². The van der Waals surface area contributed by atoms with Crippen LogP contribution in [0.5, 0.6) is 0 Å². The maximum absolute atomic E-state index is 12.1. The minimum absolute atomic E-state index is 0. The smallest absolute Gasteiger partial charge is 0.191 e. The van der Waals surface area contributed by atoms with Crippen LogP contribution < -0.4 is 10.6 Å². The van der Waals surface area contributed by atoms with Crippen LogP contribution in [0.3, 0.4) is 0 Å². The largest absolute Gasteiger partial charge is 0.357 e. The summed E-state index contributed by atoms with van der Waals surface area (Å²) in [6, 6.07) is 9.07. The molecule has 0 aliphatic heterocycles. The third-order valence-corrected chi connectivity index (χ3v) is 7.14. The van der Waals surface area contributed by atoms with Crippen molar-refractivity contribution >= 4 is 40.7 Å².